The van der Waals surface area contributed by atoms with Gasteiger partial charge < -0.3 is 4.74 Å². The maximum absolute atomic E-state index is 8.73. The van der Waals surface area contributed by atoms with Crippen molar-refractivity contribution in [3.8, 4) is 11.8 Å². The molecule has 2 rings (SSSR count). The van der Waals surface area contributed by atoms with Crippen molar-refractivity contribution in [1.29, 1.82) is 5.26 Å². The van der Waals surface area contributed by atoms with Crippen LogP contribution in [-0.2, 0) is 6.54 Å². The molecule has 0 atom stereocenters. The molecule has 2 aromatic carbocycles. The van der Waals surface area contributed by atoms with Gasteiger partial charge in [-0.1, -0.05) is 17.4 Å². The van der Waals surface area contributed by atoms with Crippen molar-refractivity contribution in [2.75, 3.05) is 14.2 Å². The fourth-order valence-electron chi connectivity index (χ4n) is 1.76. The lowest BCUT2D eigenvalue weighted by molar-refractivity contribution is 0.324. The zero-order valence-corrected chi connectivity index (χ0v) is 12.0. The van der Waals surface area contributed by atoms with Gasteiger partial charge in [0.2, 0.25) is 0 Å². The predicted molar refractivity (Wildman–Crippen MR) is 80.1 cm³/mol. The lowest BCUT2D eigenvalue weighted by Crippen LogP contribution is -2.09. The second kappa shape index (κ2) is 7.06. The number of benzene rings is 2. The van der Waals surface area contributed by atoms with Crippen LogP contribution in [0.15, 0.2) is 58.9 Å². The Morgan fingerprint density at radius 2 is 1.76 bits per heavy atom. The van der Waals surface area contributed by atoms with Gasteiger partial charge in [0.25, 0.3) is 0 Å². The summed E-state index contributed by atoms with van der Waals surface area (Å²) in [4.78, 5) is 0. The zero-order chi connectivity index (χ0) is 15.1. The van der Waals surface area contributed by atoms with Crippen molar-refractivity contribution in [3.63, 3.8) is 0 Å². The van der Waals surface area contributed by atoms with Crippen molar-refractivity contribution in [2.45, 2.75) is 6.54 Å². The van der Waals surface area contributed by atoms with Gasteiger partial charge in [-0.15, -0.1) is 5.11 Å². The zero-order valence-electron chi connectivity index (χ0n) is 12.0. The summed E-state index contributed by atoms with van der Waals surface area (Å²) in [6, 6.07) is 16.9. The van der Waals surface area contributed by atoms with Crippen molar-refractivity contribution >= 4 is 5.69 Å². The van der Waals surface area contributed by atoms with Crippen LogP contribution in [0.5, 0.6) is 5.75 Å². The number of nitriles is 1. The van der Waals surface area contributed by atoms with Crippen molar-refractivity contribution in [2.24, 2.45) is 10.3 Å². The summed E-state index contributed by atoms with van der Waals surface area (Å²) in [6.45, 7) is 0.657. The Balaban J connectivity index is 1.94. The van der Waals surface area contributed by atoms with E-state index >= 15 is 0 Å². The largest absolute Gasteiger partial charge is 0.497 e. The number of rotatable bonds is 5. The molecule has 0 heterocycles. The highest BCUT2D eigenvalue weighted by molar-refractivity contribution is 5.41. The standard InChI is InChI=1S/C16H16N4O/c1-20(12-14-5-9-16(21-2)10-6-14)19-18-15-7-3-13(11-17)4-8-15/h3-10H,12H2,1-2H3. The number of nitrogens with zero attached hydrogens (tertiary/aromatic N) is 4. The highest BCUT2D eigenvalue weighted by Crippen LogP contribution is 2.15. The Labute approximate surface area is 124 Å². The second-order valence-corrected chi connectivity index (χ2v) is 4.51. The van der Waals surface area contributed by atoms with Gasteiger partial charge in [0.15, 0.2) is 0 Å². The minimum absolute atomic E-state index is 0.612. The van der Waals surface area contributed by atoms with Gasteiger partial charge in [-0.05, 0) is 42.0 Å². The second-order valence-electron chi connectivity index (χ2n) is 4.51. The number of hydrogen-bond donors (Lipinski definition) is 0. The molecule has 0 aliphatic carbocycles. The maximum atomic E-state index is 8.73. The third-order valence-corrected chi connectivity index (χ3v) is 2.88. The highest BCUT2D eigenvalue weighted by atomic mass is 16.5. The third-order valence-electron chi connectivity index (χ3n) is 2.88. The van der Waals surface area contributed by atoms with Crippen LogP contribution in [0.25, 0.3) is 0 Å². The Hall–Kier alpha value is -2.87. The smallest absolute Gasteiger partial charge is 0.118 e. The van der Waals surface area contributed by atoms with E-state index in [0.29, 0.717) is 12.1 Å². The van der Waals surface area contributed by atoms with E-state index < -0.39 is 0 Å². The molecule has 0 unspecified atom stereocenters. The van der Waals surface area contributed by atoms with Crippen LogP contribution in [0.2, 0.25) is 0 Å². The summed E-state index contributed by atoms with van der Waals surface area (Å²) >= 11 is 0. The maximum Gasteiger partial charge on any atom is 0.118 e. The van der Waals surface area contributed by atoms with Crippen molar-refractivity contribution in [1.82, 2.24) is 5.01 Å². The van der Waals surface area contributed by atoms with Crippen LogP contribution in [-0.4, -0.2) is 19.2 Å². The van der Waals surface area contributed by atoms with Gasteiger partial charge in [0, 0.05) is 7.05 Å². The number of ether oxygens (including phenoxy) is 1. The molecule has 0 bridgehead atoms. The van der Waals surface area contributed by atoms with E-state index in [-0.39, 0.29) is 0 Å². The van der Waals surface area contributed by atoms with Crippen molar-refractivity contribution < 1.29 is 4.74 Å². The van der Waals surface area contributed by atoms with Crippen LogP contribution in [0.4, 0.5) is 5.69 Å². The molecule has 0 aliphatic heterocycles. The van der Waals surface area contributed by atoms with Gasteiger partial charge in [-0.25, -0.2) is 0 Å². The molecule has 0 saturated carbocycles. The molecule has 0 radical (unpaired) electrons. The minimum Gasteiger partial charge on any atom is -0.497 e. The number of hydrogen-bond acceptors (Lipinski definition) is 4. The van der Waals surface area contributed by atoms with E-state index in [9.17, 15) is 0 Å². The predicted octanol–water partition coefficient (Wildman–Crippen LogP) is 3.70. The molecule has 2 aromatic rings. The molecule has 0 spiro atoms. The average Bonchev–Trinajstić information content (AvgIpc) is 2.54. The first-order valence-corrected chi connectivity index (χ1v) is 6.47. The highest BCUT2D eigenvalue weighted by Gasteiger charge is 1.98. The van der Waals surface area contributed by atoms with E-state index in [0.717, 1.165) is 17.0 Å². The summed E-state index contributed by atoms with van der Waals surface area (Å²) in [5.41, 5.74) is 2.45. The Bertz CT molecular complexity index is 641. The molecular formula is C16H16N4O. The minimum atomic E-state index is 0.612. The molecule has 0 amide bonds. The topological polar surface area (TPSA) is 61.0 Å². The lowest BCUT2D eigenvalue weighted by atomic mass is 10.2. The summed E-state index contributed by atoms with van der Waals surface area (Å²) in [5, 5.41) is 18.7. The van der Waals surface area contributed by atoms with E-state index in [1.165, 1.54) is 0 Å². The molecule has 0 fully saturated rings. The summed E-state index contributed by atoms with van der Waals surface area (Å²) in [7, 11) is 3.50. The fraction of sp³-hybridized carbons (Fsp3) is 0.188. The average molecular weight is 280 g/mol. The fourth-order valence-corrected chi connectivity index (χ4v) is 1.76. The van der Waals surface area contributed by atoms with Gasteiger partial charge in [-0.2, -0.15) is 5.26 Å². The summed E-state index contributed by atoms with van der Waals surface area (Å²) in [5.74, 6) is 0.834. The molecule has 5 nitrogen and oxygen atoms in total. The van der Waals surface area contributed by atoms with E-state index in [1.807, 2.05) is 31.3 Å². The molecule has 0 saturated heterocycles. The van der Waals surface area contributed by atoms with Crippen LogP contribution in [0.3, 0.4) is 0 Å². The molecule has 106 valence electrons. The third kappa shape index (κ3) is 4.32. The first-order chi connectivity index (χ1) is 10.2. The molecule has 0 aliphatic rings. The number of methoxy groups -OCH3 is 1. The Kier molecular flexibility index (Phi) is 4.89. The summed E-state index contributed by atoms with van der Waals surface area (Å²) < 4.78 is 5.12. The molecular weight excluding hydrogens is 264 g/mol. The molecule has 21 heavy (non-hydrogen) atoms. The molecule has 5 heteroatoms. The molecule has 0 N–H and O–H groups in total. The van der Waals surface area contributed by atoms with Crippen LogP contribution < -0.4 is 4.74 Å². The van der Waals surface area contributed by atoms with E-state index in [4.69, 9.17) is 10.00 Å². The van der Waals surface area contributed by atoms with Gasteiger partial charge in [-0.3, -0.25) is 5.01 Å². The quantitative estimate of drug-likeness (QED) is 0.619. The van der Waals surface area contributed by atoms with E-state index in [1.54, 1.807) is 36.4 Å². The van der Waals surface area contributed by atoms with Gasteiger partial charge in [0.05, 0.1) is 31.0 Å². The SMILES string of the molecule is COc1ccc(CN(C)N=Nc2ccc(C#N)cc2)cc1. The van der Waals surface area contributed by atoms with Crippen molar-refractivity contribution in [3.05, 3.63) is 59.7 Å². The Morgan fingerprint density at radius 1 is 1.10 bits per heavy atom. The normalized spacial score (nSPS) is 10.3. The Morgan fingerprint density at radius 3 is 2.33 bits per heavy atom. The first-order valence-electron chi connectivity index (χ1n) is 6.47. The van der Waals surface area contributed by atoms with Crippen LogP contribution >= 0.6 is 0 Å². The van der Waals surface area contributed by atoms with Gasteiger partial charge in [0.1, 0.15) is 5.75 Å². The first kappa shape index (κ1) is 14.5. The van der Waals surface area contributed by atoms with Crippen LogP contribution in [0, 0.1) is 11.3 Å². The molecule has 0 aromatic heterocycles. The summed E-state index contributed by atoms with van der Waals surface area (Å²) in [6.07, 6.45) is 0. The van der Waals surface area contributed by atoms with E-state index in [2.05, 4.69) is 16.4 Å². The monoisotopic (exact) mass is 280 g/mol. The lowest BCUT2D eigenvalue weighted by Gasteiger charge is -2.11. The van der Waals surface area contributed by atoms with Crippen LogP contribution in [0.1, 0.15) is 11.1 Å². The van der Waals surface area contributed by atoms with Gasteiger partial charge >= 0.3 is 0 Å².